The number of hydrogen-bond acceptors (Lipinski definition) is 3. The zero-order valence-corrected chi connectivity index (χ0v) is 18.5. The van der Waals surface area contributed by atoms with Gasteiger partial charge in [-0.3, -0.25) is 0 Å². The third kappa shape index (κ3) is 3.41. The fourth-order valence-electron chi connectivity index (χ4n) is 3.74. The summed E-state index contributed by atoms with van der Waals surface area (Å²) in [6.45, 7) is 0. The van der Waals surface area contributed by atoms with E-state index in [-0.39, 0.29) is 0 Å². The van der Waals surface area contributed by atoms with E-state index in [1.54, 1.807) is 48.5 Å². The van der Waals surface area contributed by atoms with E-state index in [1.165, 1.54) is 0 Å². The van der Waals surface area contributed by atoms with Crippen LogP contribution in [0.2, 0.25) is 0 Å². The number of fused-ring (bicyclic) bond motifs is 4. The number of halogens is 5. The molecule has 0 bridgehead atoms. The summed E-state index contributed by atoms with van der Waals surface area (Å²) in [5, 5.41) is 0. The molecule has 5 rings (SSSR count). The van der Waals surface area contributed by atoms with Gasteiger partial charge in [0.15, 0.2) is 33.1 Å². The lowest BCUT2D eigenvalue weighted by molar-refractivity contribution is 0.354. The molecule has 4 aromatic carbocycles. The predicted molar refractivity (Wildman–Crippen MR) is 116 cm³/mol. The summed E-state index contributed by atoms with van der Waals surface area (Å²) in [6, 6.07) is 20.4. The topological polar surface area (TPSA) is 43.4 Å². The first-order valence-corrected chi connectivity index (χ1v) is 12.3. The van der Waals surface area contributed by atoms with Gasteiger partial charge in [0, 0.05) is 5.56 Å². The Morgan fingerprint density at radius 2 is 1.12 bits per heavy atom. The molecule has 1 aliphatic rings. The smallest absolute Gasteiger partial charge is 0.202 e. The van der Waals surface area contributed by atoms with Crippen molar-refractivity contribution in [2.24, 2.45) is 0 Å². The van der Waals surface area contributed by atoms with Crippen molar-refractivity contribution in [2.75, 3.05) is 0 Å². The lowest BCUT2D eigenvalue weighted by Crippen LogP contribution is -2.21. The van der Waals surface area contributed by atoms with E-state index in [0.717, 1.165) is 16.7 Å². The van der Waals surface area contributed by atoms with Gasteiger partial charge in [-0.1, -0.05) is 54.6 Å². The van der Waals surface area contributed by atoms with Gasteiger partial charge in [-0.05, 0) is 38.5 Å². The Morgan fingerprint density at radius 3 is 1.76 bits per heavy atom. The second kappa shape index (κ2) is 8.23. The van der Waals surface area contributed by atoms with Crippen molar-refractivity contribution >= 4 is 21.3 Å². The molecule has 0 heterocycles. The Labute approximate surface area is 194 Å². The molecule has 0 aliphatic heterocycles. The summed E-state index contributed by atoms with van der Waals surface area (Å²) in [7, 11) is -5.45. The number of rotatable bonds is 5. The molecule has 4 aromatic rings. The van der Waals surface area contributed by atoms with Crippen LogP contribution in [0.1, 0.15) is 0 Å². The van der Waals surface area contributed by atoms with Gasteiger partial charge in [-0.15, -0.1) is 0 Å². The van der Waals surface area contributed by atoms with Crippen LogP contribution in [0.15, 0.2) is 87.5 Å². The molecule has 0 saturated heterocycles. The summed E-state index contributed by atoms with van der Waals surface area (Å²) in [4.78, 5) is -1.32. The molecule has 0 aromatic heterocycles. The molecule has 0 amide bonds. The molecular weight excluding hydrogens is 495 g/mol. The Morgan fingerprint density at radius 1 is 0.588 bits per heavy atom. The molecule has 1 atom stereocenters. The Balaban J connectivity index is 1.68. The van der Waals surface area contributed by atoms with Crippen molar-refractivity contribution in [3.05, 3.63) is 102 Å². The van der Waals surface area contributed by atoms with Gasteiger partial charge in [-0.2, -0.15) is 8.42 Å². The lowest BCUT2D eigenvalue weighted by Gasteiger charge is -2.24. The minimum atomic E-state index is -5.45. The highest BCUT2D eigenvalue weighted by molar-refractivity contribution is 8.03. The van der Waals surface area contributed by atoms with Crippen molar-refractivity contribution in [3.63, 3.8) is 0 Å². The second-order valence-electron chi connectivity index (χ2n) is 7.23. The zero-order chi connectivity index (χ0) is 24.2. The summed E-state index contributed by atoms with van der Waals surface area (Å²) >= 11 is -1.79. The quantitative estimate of drug-likeness (QED) is 0.120. The molecule has 0 spiro atoms. The van der Waals surface area contributed by atoms with Crippen LogP contribution in [0, 0.1) is 29.1 Å². The highest BCUT2D eigenvalue weighted by Gasteiger charge is 2.44. The standard InChI is InChI=1S/C24H12F5O3S2/c25-19-20(26)22(28)24(23(29)21(19)27)34(30,31)32-33(13-7-2-1-3-8-13)17-12-6-11-16-14-9-4-5-10-15(14)18(16)17/h1-12H/q+1. The van der Waals surface area contributed by atoms with Crippen LogP contribution < -0.4 is 0 Å². The third-order valence-electron chi connectivity index (χ3n) is 5.25. The normalized spacial score (nSPS) is 13.1. The largest absolute Gasteiger partial charge is 0.347 e. The van der Waals surface area contributed by atoms with Crippen LogP contribution in [0.4, 0.5) is 22.0 Å². The zero-order valence-electron chi connectivity index (χ0n) is 16.9. The van der Waals surface area contributed by atoms with Gasteiger partial charge in [0.2, 0.25) is 21.9 Å². The van der Waals surface area contributed by atoms with E-state index in [2.05, 4.69) is 0 Å². The number of hydrogen-bond donors (Lipinski definition) is 0. The van der Waals surface area contributed by atoms with Crippen LogP contribution in [-0.4, -0.2) is 8.42 Å². The summed E-state index contributed by atoms with van der Waals surface area (Å²) < 4.78 is 101. The maximum atomic E-state index is 14.3. The molecule has 1 aliphatic carbocycles. The van der Waals surface area contributed by atoms with Gasteiger partial charge in [-0.25, -0.2) is 22.0 Å². The average Bonchev–Trinajstić information content (AvgIpc) is 2.83. The van der Waals surface area contributed by atoms with E-state index in [4.69, 9.17) is 3.63 Å². The summed E-state index contributed by atoms with van der Waals surface area (Å²) in [6.07, 6.45) is 0. The van der Waals surface area contributed by atoms with Crippen molar-refractivity contribution in [2.45, 2.75) is 14.7 Å². The fourth-order valence-corrected chi connectivity index (χ4v) is 7.22. The first-order valence-electron chi connectivity index (χ1n) is 9.71. The molecule has 0 radical (unpaired) electrons. The fraction of sp³-hybridized carbons (Fsp3) is 0. The van der Waals surface area contributed by atoms with Gasteiger partial charge < -0.3 is 0 Å². The molecule has 34 heavy (non-hydrogen) atoms. The van der Waals surface area contributed by atoms with Crippen LogP contribution in [0.25, 0.3) is 22.3 Å². The highest BCUT2D eigenvalue weighted by Crippen LogP contribution is 2.51. The molecule has 0 fully saturated rings. The molecule has 3 nitrogen and oxygen atoms in total. The first-order chi connectivity index (χ1) is 16.2. The second-order valence-corrected chi connectivity index (χ2v) is 10.5. The highest BCUT2D eigenvalue weighted by atomic mass is 32.3. The SMILES string of the molecule is O=S(=O)(O[S+](c1ccccc1)c1cccc2c1-c1ccccc1-2)c1c(F)c(F)c(F)c(F)c1F. The summed E-state index contributed by atoms with van der Waals surface area (Å²) in [5.74, 6) is -12.2. The van der Waals surface area contributed by atoms with E-state index >= 15 is 0 Å². The van der Waals surface area contributed by atoms with Crippen molar-refractivity contribution in [1.82, 2.24) is 0 Å². The van der Waals surface area contributed by atoms with Gasteiger partial charge in [0.1, 0.15) is 0 Å². The Kier molecular flexibility index (Phi) is 5.46. The van der Waals surface area contributed by atoms with Crippen LogP contribution >= 0.6 is 0 Å². The molecule has 10 heteroatoms. The van der Waals surface area contributed by atoms with E-state index in [9.17, 15) is 30.4 Å². The van der Waals surface area contributed by atoms with Gasteiger partial charge in [0.25, 0.3) is 0 Å². The van der Waals surface area contributed by atoms with Crippen molar-refractivity contribution < 1.29 is 34.0 Å². The van der Waals surface area contributed by atoms with E-state index in [1.807, 2.05) is 24.3 Å². The van der Waals surface area contributed by atoms with Gasteiger partial charge in [0.05, 0.1) is 0 Å². The third-order valence-corrected chi connectivity index (χ3v) is 8.81. The van der Waals surface area contributed by atoms with E-state index < -0.39 is 55.3 Å². The molecule has 0 saturated carbocycles. The average molecular weight is 507 g/mol. The monoisotopic (exact) mass is 507 g/mol. The maximum absolute atomic E-state index is 14.3. The Bertz CT molecular complexity index is 1530. The van der Waals surface area contributed by atoms with Crippen LogP contribution in [0.3, 0.4) is 0 Å². The van der Waals surface area contributed by atoms with E-state index in [0.29, 0.717) is 15.4 Å². The Hall–Kier alpha value is -3.21. The molecule has 1 unspecified atom stereocenters. The predicted octanol–water partition coefficient (Wildman–Crippen LogP) is 6.39. The van der Waals surface area contributed by atoms with Crippen molar-refractivity contribution in [1.29, 1.82) is 0 Å². The molecule has 172 valence electrons. The molecule has 0 N–H and O–H groups in total. The summed E-state index contributed by atoms with van der Waals surface area (Å²) in [5.41, 5.74) is 3.24. The maximum Gasteiger partial charge on any atom is 0.347 e. The minimum absolute atomic E-state index is 0.327. The van der Waals surface area contributed by atoms with Crippen LogP contribution in [-0.2, 0) is 24.9 Å². The van der Waals surface area contributed by atoms with Crippen LogP contribution in [0.5, 0.6) is 0 Å². The minimum Gasteiger partial charge on any atom is -0.202 e. The molecular formula is C24H12F5O3S2+. The lowest BCUT2D eigenvalue weighted by atomic mass is 9.81. The van der Waals surface area contributed by atoms with Crippen molar-refractivity contribution in [3.8, 4) is 22.3 Å². The first kappa shape index (κ1) is 22.6. The number of benzene rings is 4. The van der Waals surface area contributed by atoms with Gasteiger partial charge >= 0.3 is 10.1 Å².